The second-order valence-corrected chi connectivity index (χ2v) is 7.45. The third kappa shape index (κ3) is 4.88. The second-order valence-electron chi connectivity index (χ2n) is 7.45. The summed E-state index contributed by atoms with van der Waals surface area (Å²) in [6.07, 6.45) is -0.365. The van der Waals surface area contributed by atoms with Gasteiger partial charge in [-0.2, -0.15) is 0 Å². The molecule has 0 atom stereocenters. The summed E-state index contributed by atoms with van der Waals surface area (Å²) in [5.41, 5.74) is 1.24. The van der Waals surface area contributed by atoms with Gasteiger partial charge in [0.15, 0.2) is 0 Å². The first kappa shape index (κ1) is 19.4. The fourth-order valence-corrected chi connectivity index (χ4v) is 2.81. The van der Waals surface area contributed by atoms with Crippen molar-refractivity contribution in [1.82, 2.24) is 10.6 Å². The molecule has 1 heterocycles. The van der Waals surface area contributed by atoms with E-state index in [1.165, 1.54) is 0 Å². The van der Waals surface area contributed by atoms with Crippen LogP contribution in [0.25, 0.3) is 0 Å². The number of rotatable bonds is 4. The molecule has 2 N–H and O–H groups in total. The largest absolute Gasteiger partial charge is 0.457 e. The fraction of sp³-hybridized carbons (Fsp3) is 0.286. The highest BCUT2D eigenvalue weighted by atomic mass is 16.6. The lowest BCUT2D eigenvalue weighted by Crippen LogP contribution is -2.37. The first-order valence-corrected chi connectivity index (χ1v) is 8.91. The maximum atomic E-state index is 12.2. The Morgan fingerprint density at radius 2 is 1.89 bits per heavy atom. The van der Waals surface area contributed by atoms with E-state index in [9.17, 15) is 14.4 Å². The average molecular weight is 382 g/mol. The first-order chi connectivity index (χ1) is 13.2. The van der Waals surface area contributed by atoms with Crippen LogP contribution in [0, 0.1) is 0 Å². The molecule has 0 aromatic heterocycles. The van der Waals surface area contributed by atoms with Crippen molar-refractivity contribution in [1.29, 1.82) is 0 Å². The van der Waals surface area contributed by atoms with E-state index in [-0.39, 0.29) is 18.9 Å². The number of fused-ring (bicyclic) bond motifs is 1. The van der Waals surface area contributed by atoms with Crippen LogP contribution < -0.4 is 15.4 Å². The zero-order valence-corrected chi connectivity index (χ0v) is 16.0. The summed E-state index contributed by atoms with van der Waals surface area (Å²) in [7, 11) is 0. The van der Waals surface area contributed by atoms with Crippen LogP contribution in [0.4, 0.5) is 4.79 Å². The predicted molar refractivity (Wildman–Crippen MR) is 102 cm³/mol. The highest BCUT2D eigenvalue weighted by Crippen LogP contribution is 2.30. The Morgan fingerprint density at radius 3 is 2.64 bits per heavy atom. The topological polar surface area (TPSA) is 93.7 Å². The van der Waals surface area contributed by atoms with E-state index in [1.54, 1.807) is 57.2 Å². The minimum atomic E-state index is -0.566. The van der Waals surface area contributed by atoms with Gasteiger partial charge in [-0.3, -0.25) is 14.9 Å². The Labute approximate surface area is 163 Å². The molecule has 0 fully saturated rings. The van der Waals surface area contributed by atoms with Gasteiger partial charge in [-0.05, 0) is 50.1 Å². The zero-order chi connectivity index (χ0) is 20.3. The van der Waals surface area contributed by atoms with Crippen molar-refractivity contribution in [3.05, 3.63) is 59.2 Å². The summed E-state index contributed by atoms with van der Waals surface area (Å²) in [4.78, 5) is 35.5. The van der Waals surface area contributed by atoms with Gasteiger partial charge in [0.05, 0.1) is 12.0 Å². The highest BCUT2D eigenvalue weighted by Gasteiger charge is 2.26. The van der Waals surface area contributed by atoms with E-state index < -0.39 is 17.6 Å². The Kier molecular flexibility index (Phi) is 5.35. The summed E-state index contributed by atoms with van der Waals surface area (Å²) in [6.45, 7) is 5.66. The van der Waals surface area contributed by atoms with Crippen molar-refractivity contribution < 1.29 is 23.9 Å². The molecule has 0 spiro atoms. The molecular formula is C21H22N2O5. The van der Waals surface area contributed by atoms with E-state index in [4.69, 9.17) is 9.47 Å². The standard InChI is InChI=1S/C21H22N2O5/c1-21(2,3)28-20(26)22-12-13-6-4-8-15(10-13)27-16-9-5-7-14-11-17(24)23-19(25)18(14)16/h4-10H,11-12H2,1-3H3,(H,22,26)(H,23,24,25). The van der Waals surface area contributed by atoms with Gasteiger partial charge >= 0.3 is 6.09 Å². The van der Waals surface area contributed by atoms with Crippen molar-refractivity contribution in [2.24, 2.45) is 0 Å². The highest BCUT2D eigenvalue weighted by molar-refractivity contribution is 6.11. The Balaban J connectivity index is 1.72. The molecule has 2 aromatic rings. The maximum Gasteiger partial charge on any atom is 0.407 e. The van der Waals surface area contributed by atoms with E-state index >= 15 is 0 Å². The minimum absolute atomic E-state index is 0.137. The number of carbonyl (C=O) groups is 3. The molecule has 2 aromatic carbocycles. The number of ether oxygens (including phenoxy) is 2. The molecule has 7 nitrogen and oxygen atoms in total. The quantitative estimate of drug-likeness (QED) is 0.791. The third-order valence-electron chi connectivity index (χ3n) is 3.91. The molecule has 1 aliphatic heterocycles. The molecule has 3 amide bonds. The predicted octanol–water partition coefficient (Wildman–Crippen LogP) is 3.32. The molecule has 0 aliphatic carbocycles. The number of hydrogen-bond donors (Lipinski definition) is 2. The molecule has 28 heavy (non-hydrogen) atoms. The van der Waals surface area contributed by atoms with Crippen LogP contribution in [0.5, 0.6) is 11.5 Å². The number of imide groups is 1. The lowest BCUT2D eigenvalue weighted by molar-refractivity contribution is -0.119. The van der Waals surface area contributed by atoms with Gasteiger partial charge in [0, 0.05) is 6.54 Å². The Bertz CT molecular complexity index is 931. The van der Waals surface area contributed by atoms with Crippen LogP contribution in [0.2, 0.25) is 0 Å². The smallest absolute Gasteiger partial charge is 0.407 e. The van der Waals surface area contributed by atoms with Crippen LogP contribution in [0.3, 0.4) is 0 Å². The Hall–Kier alpha value is -3.35. The SMILES string of the molecule is CC(C)(C)OC(=O)NCc1cccc(Oc2cccc3c2C(=O)NC(=O)C3)c1. The summed E-state index contributed by atoms with van der Waals surface area (Å²) in [5.74, 6) is 0.0933. The maximum absolute atomic E-state index is 12.2. The molecule has 3 rings (SSSR count). The molecule has 146 valence electrons. The van der Waals surface area contributed by atoms with Gasteiger partial charge in [0.1, 0.15) is 17.1 Å². The van der Waals surface area contributed by atoms with Crippen molar-refractivity contribution in [2.75, 3.05) is 0 Å². The van der Waals surface area contributed by atoms with Gasteiger partial charge in [-0.15, -0.1) is 0 Å². The van der Waals surface area contributed by atoms with E-state index in [2.05, 4.69) is 10.6 Å². The lowest BCUT2D eigenvalue weighted by atomic mass is 9.99. The fourth-order valence-electron chi connectivity index (χ4n) is 2.81. The van der Waals surface area contributed by atoms with Gasteiger partial charge in [0.25, 0.3) is 5.91 Å². The molecule has 0 unspecified atom stereocenters. The number of hydrogen-bond acceptors (Lipinski definition) is 5. The van der Waals surface area contributed by atoms with E-state index in [0.717, 1.165) is 5.56 Å². The number of amides is 3. The van der Waals surface area contributed by atoms with Crippen molar-refractivity contribution in [2.45, 2.75) is 39.3 Å². The van der Waals surface area contributed by atoms with Crippen molar-refractivity contribution >= 4 is 17.9 Å². The van der Waals surface area contributed by atoms with Crippen LogP contribution in [0.15, 0.2) is 42.5 Å². The summed E-state index contributed by atoms with van der Waals surface area (Å²) in [6, 6.07) is 12.3. The lowest BCUT2D eigenvalue weighted by Gasteiger charge is -2.20. The summed E-state index contributed by atoms with van der Waals surface area (Å²) >= 11 is 0. The molecule has 7 heteroatoms. The number of nitrogens with one attached hydrogen (secondary N) is 2. The zero-order valence-electron chi connectivity index (χ0n) is 16.0. The molecular weight excluding hydrogens is 360 g/mol. The van der Waals surface area contributed by atoms with Gasteiger partial charge in [-0.25, -0.2) is 4.79 Å². The van der Waals surface area contributed by atoms with Gasteiger partial charge in [0.2, 0.25) is 5.91 Å². The minimum Gasteiger partial charge on any atom is -0.457 e. The van der Waals surface area contributed by atoms with Crippen LogP contribution in [-0.2, 0) is 22.5 Å². The van der Waals surface area contributed by atoms with Crippen LogP contribution in [0.1, 0.15) is 42.3 Å². The molecule has 0 saturated carbocycles. The van der Waals surface area contributed by atoms with Crippen molar-refractivity contribution in [3.8, 4) is 11.5 Å². The normalized spacial score (nSPS) is 13.4. The van der Waals surface area contributed by atoms with Crippen LogP contribution >= 0.6 is 0 Å². The third-order valence-corrected chi connectivity index (χ3v) is 3.91. The monoisotopic (exact) mass is 382 g/mol. The van der Waals surface area contributed by atoms with E-state index in [0.29, 0.717) is 22.6 Å². The first-order valence-electron chi connectivity index (χ1n) is 8.91. The second kappa shape index (κ2) is 7.72. The Morgan fingerprint density at radius 1 is 1.14 bits per heavy atom. The summed E-state index contributed by atoms with van der Waals surface area (Å²) < 4.78 is 11.1. The molecule has 0 bridgehead atoms. The number of benzene rings is 2. The van der Waals surface area contributed by atoms with Crippen LogP contribution in [-0.4, -0.2) is 23.5 Å². The van der Waals surface area contributed by atoms with Gasteiger partial charge < -0.3 is 14.8 Å². The number of alkyl carbamates (subject to hydrolysis) is 1. The van der Waals surface area contributed by atoms with Crippen molar-refractivity contribution in [3.63, 3.8) is 0 Å². The van der Waals surface area contributed by atoms with Gasteiger partial charge in [-0.1, -0.05) is 24.3 Å². The average Bonchev–Trinajstić information content (AvgIpc) is 2.58. The molecule has 1 aliphatic rings. The summed E-state index contributed by atoms with van der Waals surface area (Å²) in [5, 5.41) is 5.00. The van der Waals surface area contributed by atoms with E-state index in [1.807, 2.05) is 6.07 Å². The molecule has 0 radical (unpaired) electrons. The molecule has 0 saturated heterocycles. The number of carbonyl (C=O) groups excluding carboxylic acids is 3.